The average Bonchev–Trinajstić information content (AvgIpc) is 3.25. The first-order chi connectivity index (χ1) is 15.6. The first kappa shape index (κ1) is 24.0. The van der Waals surface area contributed by atoms with Gasteiger partial charge < -0.3 is 15.3 Å². The molecule has 2 N–H and O–H groups in total. The van der Waals surface area contributed by atoms with Crippen molar-refractivity contribution >= 4 is 23.5 Å². The van der Waals surface area contributed by atoms with Gasteiger partial charge in [0.15, 0.2) is 0 Å². The molecule has 3 aromatic rings. The number of thiophene rings is 1. The van der Waals surface area contributed by atoms with Crippen LogP contribution in [0.4, 0.5) is 13.2 Å². The Bertz CT molecular complexity index is 1210. The van der Waals surface area contributed by atoms with Gasteiger partial charge in [0.2, 0.25) is 0 Å². The third kappa shape index (κ3) is 5.59. The average molecular weight is 472 g/mol. The predicted octanol–water partition coefficient (Wildman–Crippen LogP) is 5.76. The summed E-state index contributed by atoms with van der Waals surface area (Å²) in [5.74, 6) is -0.956. The van der Waals surface area contributed by atoms with Gasteiger partial charge >= 0.3 is 6.36 Å². The molecule has 3 rings (SSSR count). The highest BCUT2D eigenvalue weighted by atomic mass is 32.1. The number of halogens is 3. The molecule has 0 fully saturated rings. The molecule has 2 aromatic carbocycles. The number of nitriles is 1. The minimum Gasteiger partial charge on any atom is -0.406 e. The normalized spacial score (nSPS) is 14.7. The van der Waals surface area contributed by atoms with Crippen LogP contribution in [0.15, 0.2) is 65.0 Å². The van der Waals surface area contributed by atoms with Crippen LogP contribution in [0.2, 0.25) is 0 Å². The standard InChI is InChI=1S/C24H20F3N3O2S/c1-15(29)30-23(2,21(13-31)17-6-8-20(9-7-17)32-24(25,26)27)22-11-19(14-33-22)18-5-3-4-16(10-18)12-28/h3-11,13-14,21H,1-2H3,(H2,29,30). The fraction of sp³-hybridized carbons (Fsp3) is 0.208. The molecule has 0 saturated carbocycles. The Hall–Kier alpha value is -3.64. The predicted molar refractivity (Wildman–Crippen MR) is 121 cm³/mol. The second kappa shape index (κ2) is 9.46. The fourth-order valence-electron chi connectivity index (χ4n) is 3.58. The molecule has 0 radical (unpaired) electrons. The first-order valence-electron chi connectivity index (χ1n) is 9.78. The van der Waals surface area contributed by atoms with Gasteiger partial charge in [-0.2, -0.15) is 5.26 Å². The molecule has 1 heterocycles. The van der Waals surface area contributed by atoms with Crippen LogP contribution in [0.1, 0.15) is 35.8 Å². The Morgan fingerprint density at radius 1 is 1.18 bits per heavy atom. The molecule has 0 bridgehead atoms. The lowest BCUT2D eigenvalue weighted by Crippen LogP contribution is -2.31. The van der Waals surface area contributed by atoms with E-state index in [0.29, 0.717) is 17.4 Å². The number of nitrogens with zero attached hydrogens (tertiary/aromatic N) is 2. The Morgan fingerprint density at radius 2 is 1.88 bits per heavy atom. The number of carbonyl (C=O) groups is 1. The molecule has 0 saturated heterocycles. The summed E-state index contributed by atoms with van der Waals surface area (Å²) in [7, 11) is 0. The first-order valence-corrected chi connectivity index (χ1v) is 10.7. The molecule has 0 spiro atoms. The number of hydrogen-bond acceptors (Lipinski definition) is 5. The van der Waals surface area contributed by atoms with E-state index < -0.39 is 17.8 Å². The van der Waals surface area contributed by atoms with Crippen LogP contribution in [0.5, 0.6) is 5.75 Å². The maximum Gasteiger partial charge on any atom is 0.573 e. The lowest BCUT2D eigenvalue weighted by molar-refractivity contribution is -0.274. The summed E-state index contributed by atoms with van der Waals surface area (Å²) < 4.78 is 41.4. The van der Waals surface area contributed by atoms with Crippen LogP contribution in [-0.4, -0.2) is 18.5 Å². The van der Waals surface area contributed by atoms with E-state index in [4.69, 9.17) is 11.0 Å². The van der Waals surface area contributed by atoms with Gasteiger partial charge in [0.05, 0.1) is 23.4 Å². The van der Waals surface area contributed by atoms with Crippen molar-refractivity contribution in [2.75, 3.05) is 0 Å². The highest BCUT2D eigenvalue weighted by molar-refractivity contribution is 7.10. The van der Waals surface area contributed by atoms with E-state index in [-0.39, 0.29) is 11.6 Å². The summed E-state index contributed by atoms with van der Waals surface area (Å²) in [5.41, 5.74) is 7.46. The summed E-state index contributed by atoms with van der Waals surface area (Å²) in [6, 6.07) is 16.2. The topological polar surface area (TPSA) is 88.5 Å². The summed E-state index contributed by atoms with van der Waals surface area (Å²) in [5, 5.41) is 11.1. The van der Waals surface area contributed by atoms with Crippen LogP contribution in [-0.2, 0) is 10.3 Å². The number of rotatable bonds is 7. The minimum atomic E-state index is -4.81. The molecule has 0 amide bonds. The van der Waals surface area contributed by atoms with E-state index in [1.165, 1.54) is 23.5 Å². The molecule has 5 nitrogen and oxygen atoms in total. The third-order valence-corrected chi connectivity index (χ3v) is 6.20. The Balaban J connectivity index is 2.03. The Morgan fingerprint density at radius 3 is 2.45 bits per heavy atom. The van der Waals surface area contributed by atoms with Crippen LogP contribution < -0.4 is 10.5 Å². The van der Waals surface area contributed by atoms with Crippen LogP contribution in [0.25, 0.3) is 11.1 Å². The molecule has 170 valence electrons. The zero-order valence-corrected chi connectivity index (χ0v) is 18.6. The van der Waals surface area contributed by atoms with E-state index in [1.54, 1.807) is 32.0 Å². The van der Waals surface area contributed by atoms with Gasteiger partial charge in [-0.15, -0.1) is 24.5 Å². The number of benzene rings is 2. The number of carbonyl (C=O) groups excluding carboxylic acids is 1. The van der Waals surface area contributed by atoms with E-state index in [2.05, 4.69) is 15.8 Å². The number of ether oxygens (including phenoxy) is 1. The van der Waals surface area contributed by atoms with Crippen LogP contribution >= 0.6 is 11.3 Å². The van der Waals surface area contributed by atoms with Gasteiger partial charge in [-0.3, -0.25) is 4.99 Å². The molecule has 2 unspecified atom stereocenters. The molecule has 9 heteroatoms. The highest BCUT2D eigenvalue weighted by Crippen LogP contribution is 2.44. The van der Waals surface area contributed by atoms with Crippen molar-refractivity contribution in [2.24, 2.45) is 10.7 Å². The van der Waals surface area contributed by atoms with Gasteiger partial charge in [0.25, 0.3) is 0 Å². The van der Waals surface area contributed by atoms with Gasteiger partial charge in [-0.1, -0.05) is 24.3 Å². The van der Waals surface area contributed by atoms with Crippen molar-refractivity contribution < 1.29 is 22.7 Å². The molecule has 0 aliphatic heterocycles. The van der Waals surface area contributed by atoms with E-state index in [9.17, 15) is 18.0 Å². The number of alkyl halides is 3. The third-order valence-electron chi connectivity index (χ3n) is 5.05. The molecule has 1 aromatic heterocycles. The summed E-state index contributed by atoms with van der Waals surface area (Å²) in [4.78, 5) is 17.5. The van der Waals surface area contributed by atoms with Crippen LogP contribution in [0, 0.1) is 11.3 Å². The molecule has 0 aliphatic rings. The zero-order chi connectivity index (χ0) is 24.2. The summed E-state index contributed by atoms with van der Waals surface area (Å²) in [6.07, 6.45) is -4.10. The summed E-state index contributed by atoms with van der Waals surface area (Å²) >= 11 is 1.38. The van der Waals surface area contributed by atoms with Crippen molar-refractivity contribution in [3.8, 4) is 22.9 Å². The number of amidine groups is 1. The van der Waals surface area contributed by atoms with Crippen molar-refractivity contribution in [3.63, 3.8) is 0 Å². The fourth-order valence-corrected chi connectivity index (χ4v) is 4.64. The Kier molecular flexibility index (Phi) is 6.89. The molecular weight excluding hydrogens is 451 g/mol. The maximum atomic E-state index is 12.5. The van der Waals surface area contributed by atoms with Crippen molar-refractivity contribution in [2.45, 2.75) is 31.7 Å². The van der Waals surface area contributed by atoms with Crippen molar-refractivity contribution in [1.82, 2.24) is 0 Å². The molecule has 2 atom stereocenters. The number of hydrogen-bond donors (Lipinski definition) is 1. The zero-order valence-electron chi connectivity index (χ0n) is 17.8. The monoisotopic (exact) mass is 471 g/mol. The number of aliphatic imine (C=N–C) groups is 1. The van der Waals surface area contributed by atoms with Gasteiger partial charge in [0, 0.05) is 4.88 Å². The minimum absolute atomic E-state index is 0.253. The lowest BCUT2D eigenvalue weighted by Gasteiger charge is -2.31. The van der Waals surface area contributed by atoms with E-state index >= 15 is 0 Å². The molecular formula is C24H20F3N3O2S. The van der Waals surface area contributed by atoms with Crippen molar-refractivity contribution in [1.29, 1.82) is 5.26 Å². The smallest absolute Gasteiger partial charge is 0.406 e. The van der Waals surface area contributed by atoms with Gasteiger partial charge in [0.1, 0.15) is 17.6 Å². The maximum absolute atomic E-state index is 12.5. The Labute approximate surface area is 193 Å². The molecule has 0 aliphatic carbocycles. The van der Waals surface area contributed by atoms with Gasteiger partial charge in [-0.25, -0.2) is 0 Å². The molecule has 33 heavy (non-hydrogen) atoms. The largest absolute Gasteiger partial charge is 0.573 e. The quantitative estimate of drug-likeness (QED) is 0.270. The number of aldehydes is 1. The SMILES string of the molecule is CC(N)=NC(C)(c1cc(-c2cccc(C#N)c2)cs1)C(C=O)c1ccc(OC(F)(F)F)cc1. The number of nitrogens with two attached hydrogens (primary N) is 1. The van der Waals surface area contributed by atoms with E-state index in [0.717, 1.165) is 28.1 Å². The highest BCUT2D eigenvalue weighted by Gasteiger charge is 2.39. The van der Waals surface area contributed by atoms with E-state index in [1.807, 2.05) is 17.5 Å². The van der Waals surface area contributed by atoms with Crippen LogP contribution in [0.3, 0.4) is 0 Å². The van der Waals surface area contributed by atoms with Crippen molar-refractivity contribution in [3.05, 3.63) is 76.0 Å². The summed E-state index contributed by atoms with van der Waals surface area (Å²) in [6.45, 7) is 3.36. The lowest BCUT2D eigenvalue weighted by atomic mass is 9.80. The van der Waals surface area contributed by atoms with Gasteiger partial charge in [-0.05, 0) is 66.2 Å². The second-order valence-electron chi connectivity index (χ2n) is 7.52. The second-order valence-corrected chi connectivity index (χ2v) is 8.43.